The fraction of sp³-hybridized carbons (Fsp3) is 0.167. The summed E-state index contributed by atoms with van der Waals surface area (Å²) in [6, 6.07) is 7.99. The van der Waals surface area contributed by atoms with Crippen molar-refractivity contribution in [3.8, 4) is 0 Å². The summed E-state index contributed by atoms with van der Waals surface area (Å²) in [6.45, 7) is 2.16. The lowest BCUT2D eigenvalue weighted by atomic mass is 9.94. The molecule has 1 aliphatic carbocycles. The van der Waals surface area contributed by atoms with Crippen molar-refractivity contribution in [2.75, 3.05) is 6.61 Å². The molecule has 1 aromatic heterocycles. The highest BCUT2D eigenvalue weighted by atomic mass is 16.5. The molecule has 1 aromatic carbocycles. The smallest absolute Gasteiger partial charge is 0.340 e. The molecule has 4 nitrogen and oxygen atoms in total. The van der Waals surface area contributed by atoms with Gasteiger partial charge in [0.05, 0.1) is 23.6 Å². The fourth-order valence-corrected chi connectivity index (χ4v) is 2.99. The third kappa shape index (κ3) is 1.88. The molecule has 0 N–H and O–H groups in total. The number of hydrogen-bond donors (Lipinski definition) is 0. The van der Waals surface area contributed by atoms with Crippen LogP contribution in [0.4, 0.5) is 5.69 Å². The van der Waals surface area contributed by atoms with Gasteiger partial charge >= 0.3 is 5.97 Å². The van der Waals surface area contributed by atoms with Crippen LogP contribution in [0.5, 0.6) is 0 Å². The zero-order valence-corrected chi connectivity index (χ0v) is 12.2. The molecular weight excluding hydrogens is 276 g/mol. The minimum atomic E-state index is -0.316. The Morgan fingerprint density at radius 3 is 3.09 bits per heavy atom. The molecule has 2 aliphatic rings. The van der Waals surface area contributed by atoms with Crippen LogP contribution in [-0.2, 0) is 16.0 Å². The summed E-state index contributed by atoms with van der Waals surface area (Å²) < 4.78 is 5.15. The first-order valence-corrected chi connectivity index (χ1v) is 7.31. The SMILES string of the molecule is CCOC(=O)C1=c2c(ccc3c2=Cc2cccnc2C3)N=C1. The summed E-state index contributed by atoms with van der Waals surface area (Å²) in [5.41, 5.74) is 4.69. The van der Waals surface area contributed by atoms with Crippen LogP contribution in [0.3, 0.4) is 0 Å². The second-order valence-corrected chi connectivity index (χ2v) is 5.29. The van der Waals surface area contributed by atoms with E-state index >= 15 is 0 Å². The molecule has 0 saturated carbocycles. The first kappa shape index (κ1) is 13.0. The van der Waals surface area contributed by atoms with E-state index in [1.165, 1.54) is 0 Å². The molecule has 22 heavy (non-hydrogen) atoms. The lowest BCUT2D eigenvalue weighted by Crippen LogP contribution is -2.34. The van der Waals surface area contributed by atoms with Gasteiger partial charge in [-0.1, -0.05) is 12.1 Å². The number of benzene rings is 1. The van der Waals surface area contributed by atoms with Gasteiger partial charge in [-0.3, -0.25) is 9.98 Å². The molecule has 4 heteroatoms. The number of hydrogen-bond acceptors (Lipinski definition) is 4. The number of rotatable bonds is 2. The number of ether oxygens (including phenoxy) is 1. The van der Waals surface area contributed by atoms with Gasteiger partial charge in [-0.05, 0) is 41.5 Å². The summed E-state index contributed by atoms with van der Waals surface area (Å²) in [5, 5.41) is 1.93. The van der Waals surface area contributed by atoms with Crippen molar-refractivity contribution in [3.63, 3.8) is 0 Å². The Kier molecular flexibility index (Phi) is 2.89. The van der Waals surface area contributed by atoms with Crippen LogP contribution in [0.15, 0.2) is 35.5 Å². The van der Waals surface area contributed by atoms with Crippen molar-refractivity contribution in [1.82, 2.24) is 4.98 Å². The van der Waals surface area contributed by atoms with E-state index in [0.29, 0.717) is 12.2 Å². The van der Waals surface area contributed by atoms with Crippen molar-refractivity contribution >= 4 is 29.5 Å². The van der Waals surface area contributed by atoms with E-state index in [-0.39, 0.29) is 5.97 Å². The van der Waals surface area contributed by atoms with E-state index < -0.39 is 0 Å². The van der Waals surface area contributed by atoms with Gasteiger partial charge in [0.1, 0.15) is 0 Å². The van der Waals surface area contributed by atoms with Crippen molar-refractivity contribution in [3.05, 3.63) is 57.7 Å². The second-order valence-electron chi connectivity index (χ2n) is 5.29. The minimum absolute atomic E-state index is 0.316. The molecule has 2 heterocycles. The summed E-state index contributed by atoms with van der Waals surface area (Å²) in [5.74, 6) is -0.316. The normalized spacial score (nSPS) is 14.0. The summed E-state index contributed by atoms with van der Waals surface area (Å²) in [6.07, 6.45) is 6.28. The molecule has 0 bridgehead atoms. The molecule has 0 fully saturated rings. The molecule has 0 spiro atoms. The average molecular weight is 290 g/mol. The predicted molar refractivity (Wildman–Crippen MR) is 84.5 cm³/mol. The van der Waals surface area contributed by atoms with Crippen LogP contribution in [0.1, 0.15) is 23.7 Å². The number of aromatic nitrogens is 1. The Hall–Kier alpha value is -2.75. The number of fused-ring (bicyclic) bond motifs is 4. The lowest BCUT2D eigenvalue weighted by Gasteiger charge is -2.13. The van der Waals surface area contributed by atoms with E-state index in [2.05, 4.69) is 22.1 Å². The quantitative estimate of drug-likeness (QED) is 0.667. The highest BCUT2D eigenvalue weighted by Crippen LogP contribution is 2.18. The number of esters is 1. The topological polar surface area (TPSA) is 51.5 Å². The van der Waals surface area contributed by atoms with Crippen LogP contribution in [0.25, 0.3) is 11.6 Å². The van der Waals surface area contributed by atoms with Crippen molar-refractivity contribution in [2.45, 2.75) is 13.3 Å². The molecule has 1 aliphatic heterocycles. The average Bonchev–Trinajstić information content (AvgIpc) is 2.98. The van der Waals surface area contributed by atoms with Crippen LogP contribution in [0, 0.1) is 0 Å². The number of nitrogens with zero attached hydrogens (tertiary/aromatic N) is 2. The third-order valence-electron chi connectivity index (χ3n) is 3.99. The largest absolute Gasteiger partial charge is 0.462 e. The Morgan fingerprint density at radius 1 is 1.32 bits per heavy atom. The van der Waals surface area contributed by atoms with E-state index in [4.69, 9.17) is 4.74 Å². The molecule has 4 rings (SSSR count). The number of carbonyl (C=O) groups excluding carboxylic acids is 1. The van der Waals surface area contributed by atoms with E-state index in [0.717, 1.165) is 39.4 Å². The van der Waals surface area contributed by atoms with Gasteiger partial charge in [-0.15, -0.1) is 0 Å². The highest BCUT2D eigenvalue weighted by Gasteiger charge is 2.20. The maximum absolute atomic E-state index is 12.2. The number of pyridine rings is 1. The zero-order valence-electron chi connectivity index (χ0n) is 12.2. The van der Waals surface area contributed by atoms with Gasteiger partial charge < -0.3 is 4.74 Å². The minimum Gasteiger partial charge on any atom is -0.462 e. The van der Waals surface area contributed by atoms with Crippen LogP contribution in [-0.4, -0.2) is 23.8 Å². The van der Waals surface area contributed by atoms with Gasteiger partial charge in [0.15, 0.2) is 0 Å². The van der Waals surface area contributed by atoms with Gasteiger partial charge in [-0.2, -0.15) is 0 Å². The van der Waals surface area contributed by atoms with Gasteiger partial charge in [-0.25, -0.2) is 4.79 Å². The van der Waals surface area contributed by atoms with E-state index in [9.17, 15) is 4.79 Å². The monoisotopic (exact) mass is 290 g/mol. The first-order chi connectivity index (χ1) is 10.8. The van der Waals surface area contributed by atoms with Gasteiger partial charge in [0.2, 0.25) is 0 Å². The zero-order chi connectivity index (χ0) is 15.1. The van der Waals surface area contributed by atoms with Crippen molar-refractivity contribution in [2.24, 2.45) is 4.99 Å². The number of carbonyl (C=O) groups is 1. The third-order valence-corrected chi connectivity index (χ3v) is 3.99. The predicted octanol–water partition coefficient (Wildman–Crippen LogP) is 1.24. The molecule has 0 unspecified atom stereocenters. The molecule has 0 saturated heterocycles. The highest BCUT2D eigenvalue weighted by molar-refractivity contribution is 6.34. The molecule has 2 aromatic rings. The van der Waals surface area contributed by atoms with Crippen LogP contribution < -0.4 is 10.4 Å². The van der Waals surface area contributed by atoms with Gasteiger partial charge in [0, 0.05) is 24.1 Å². The Labute approximate surface area is 127 Å². The number of aliphatic imine (C=N–C) groups is 1. The van der Waals surface area contributed by atoms with E-state index in [1.807, 2.05) is 24.4 Å². The van der Waals surface area contributed by atoms with Crippen molar-refractivity contribution in [1.29, 1.82) is 0 Å². The molecule has 0 amide bonds. The summed E-state index contributed by atoms with van der Waals surface area (Å²) in [7, 11) is 0. The van der Waals surface area contributed by atoms with Crippen molar-refractivity contribution < 1.29 is 9.53 Å². The Bertz CT molecular complexity index is 942. The molecule has 0 atom stereocenters. The molecule has 0 radical (unpaired) electrons. The molecule has 108 valence electrons. The van der Waals surface area contributed by atoms with Crippen LogP contribution in [0.2, 0.25) is 0 Å². The fourth-order valence-electron chi connectivity index (χ4n) is 2.99. The lowest BCUT2D eigenvalue weighted by molar-refractivity contribution is -0.135. The second kappa shape index (κ2) is 4.91. The summed E-state index contributed by atoms with van der Waals surface area (Å²) >= 11 is 0. The molecular formula is C18H14N2O2. The Balaban J connectivity index is 2.04. The Morgan fingerprint density at radius 2 is 2.23 bits per heavy atom. The first-order valence-electron chi connectivity index (χ1n) is 7.31. The van der Waals surface area contributed by atoms with Crippen LogP contribution >= 0.6 is 0 Å². The van der Waals surface area contributed by atoms with E-state index in [1.54, 1.807) is 13.1 Å². The van der Waals surface area contributed by atoms with Gasteiger partial charge in [0.25, 0.3) is 0 Å². The maximum atomic E-state index is 12.2. The summed E-state index contributed by atoms with van der Waals surface area (Å²) in [4.78, 5) is 20.9. The standard InChI is InChI=1S/C18H14N2O2/c1-2-22-18(21)14-10-20-15-6-5-11-9-16-12(4-3-7-19-16)8-13(11)17(14)15/h3-8,10H,2,9H2,1H3. The maximum Gasteiger partial charge on any atom is 0.340 e.